The lowest BCUT2D eigenvalue weighted by Gasteiger charge is -2.14. The van der Waals surface area contributed by atoms with E-state index in [0.717, 1.165) is 4.88 Å². The second-order valence-corrected chi connectivity index (χ2v) is 4.23. The van der Waals surface area contributed by atoms with Gasteiger partial charge in [0.2, 0.25) is 0 Å². The van der Waals surface area contributed by atoms with E-state index in [9.17, 15) is 4.39 Å². The minimum absolute atomic E-state index is 0.332. The van der Waals surface area contributed by atoms with Gasteiger partial charge in [-0.25, -0.2) is 4.39 Å². The second kappa shape index (κ2) is 5.11. The van der Waals surface area contributed by atoms with E-state index in [-0.39, 0.29) is 11.9 Å². The average molecular weight is 238 g/mol. The Kier molecular flexibility index (Phi) is 3.55. The Bertz CT molecular complexity index is 446. The van der Waals surface area contributed by atoms with Crippen molar-refractivity contribution < 1.29 is 4.39 Å². The number of hydrazine groups is 1. The summed E-state index contributed by atoms with van der Waals surface area (Å²) in [5.41, 5.74) is 4.64. The minimum atomic E-state index is -0.352. The molecule has 0 aliphatic carbocycles. The van der Waals surface area contributed by atoms with Crippen LogP contribution in [0.1, 0.15) is 16.6 Å². The zero-order chi connectivity index (χ0) is 11.4. The Hall–Kier alpha value is -1.37. The van der Waals surface area contributed by atoms with Crippen molar-refractivity contribution >= 4 is 11.3 Å². The van der Waals surface area contributed by atoms with Crippen LogP contribution in [0.3, 0.4) is 0 Å². The van der Waals surface area contributed by atoms with Crippen molar-refractivity contribution in [2.75, 3.05) is 0 Å². The van der Waals surface area contributed by atoms with Gasteiger partial charge in [0.15, 0.2) is 0 Å². The highest BCUT2D eigenvalue weighted by Crippen LogP contribution is 2.19. The molecule has 0 aliphatic heterocycles. The van der Waals surface area contributed by atoms with Crippen LogP contribution in [0.5, 0.6) is 0 Å². The molecule has 1 atom stereocenters. The van der Waals surface area contributed by atoms with Gasteiger partial charge < -0.3 is 0 Å². The topological polar surface area (TPSA) is 63.8 Å². The van der Waals surface area contributed by atoms with Crippen molar-refractivity contribution in [2.45, 2.75) is 12.5 Å². The zero-order valence-electron chi connectivity index (χ0n) is 8.43. The van der Waals surface area contributed by atoms with Gasteiger partial charge in [-0.05, 0) is 12.1 Å². The molecule has 3 N–H and O–H groups in total. The number of aromatic nitrogens is 2. The lowest BCUT2D eigenvalue weighted by Crippen LogP contribution is -2.30. The molecule has 0 radical (unpaired) electrons. The summed E-state index contributed by atoms with van der Waals surface area (Å²) in [6.07, 6.45) is 3.88. The number of hydrogen-bond donors (Lipinski definition) is 2. The maximum Gasteiger partial charge on any atom is 0.146 e. The molecule has 0 aliphatic rings. The average Bonchev–Trinajstić information content (AvgIpc) is 2.80. The largest absolute Gasteiger partial charge is 0.271 e. The molecule has 0 spiro atoms. The molecule has 1 unspecified atom stereocenters. The number of thiazole rings is 1. The fourth-order valence-corrected chi connectivity index (χ4v) is 2.07. The highest BCUT2D eigenvalue weighted by Gasteiger charge is 2.16. The van der Waals surface area contributed by atoms with Crippen molar-refractivity contribution in [3.05, 3.63) is 46.4 Å². The molecule has 84 valence electrons. The molecule has 0 saturated carbocycles. The fraction of sp³-hybridized carbons (Fsp3) is 0.200. The molecular formula is C10H11FN4S. The van der Waals surface area contributed by atoms with Crippen molar-refractivity contribution in [1.29, 1.82) is 0 Å². The summed E-state index contributed by atoms with van der Waals surface area (Å²) in [6, 6.07) is 2.60. The molecule has 0 aromatic carbocycles. The SMILES string of the molecule is NNC(Cc1cncs1)c1ncccc1F. The van der Waals surface area contributed by atoms with Gasteiger partial charge in [-0.3, -0.25) is 21.2 Å². The molecule has 6 heteroatoms. The van der Waals surface area contributed by atoms with E-state index in [2.05, 4.69) is 15.4 Å². The Morgan fingerprint density at radius 1 is 1.56 bits per heavy atom. The molecule has 0 fully saturated rings. The van der Waals surface area contributed by atoms with E-state index in [1.807, 2.05) is 0 Å². The first-order valence-electron chi connectivity index (χ1n) is 4.75. The molecular weight excluding hydrogens is 227 g/mol. The highest BCUT2D eigenvalue weighted by atomic mass is 32.1. The first kappa shape index (κ1) is 11.1. The monoisotopic (exact) mass is 238 g/mol. The quantitative estimate of drug-likeness (QED) is 0.624. The number of nitrogens with zero attached hydrogens (tertiary/aromatic N) is 2. The van der Waals surface area contributed by atoms with Crippen LogP contribution in [0.4, 0.5) is 4.39 Å². The summed E-state index contributed by atoms with van der Waals surface area (Å²) in [4.78, 5) is 8.99. The van der Waals surface area contributed by atoms with Gasteiger partial charge in [-0.2, -0.15) is 0 Å². The standard InChI is InChI=1S/C10H11FN4S/c11-8-2-1-3-14-10(8)9(15-12)4-7-5-13-6-16-7/h1-3,5-6,9,15H,4,12H2. The summed E-state index contributed by atoms with van der Waals surface area (Å²) in [5, 5.41) is 0. The third kappa shape index (κ3) is 2.41. The van der Waals surface area contributed by atoms with Crippen molar-refractivity contribution in [2.24, 2.45) is 5.84 Å². The van der Waals surface area contributed by atoms with Gasteiger partial charge in [-0.15, -0.1) is 11.3 Å². The molecule has 0 saturated heterocycles. The molecule has 2 heterocycles. The number of pyridine rings is 1. The van der Waals surface area contributed by atoms with E-state index in [4.69, 9.17) is 5.84 Å². The lowest BCUT2D eigenvalue weighted by molar-refractivity contribution is 0.497. The molecule has 2 aromatic rings. The van der Waals surface area contributed by atoms with Gasteiger partial charge in [0, 0.05) is 23.7 Å². The zero-order valence-corrected chi connectivity index (χ0v) is 9.25. The van der Waals surface area contributed by atoms with Crippen LogP contribution in [0, 0.1) is 5.82 Å². The molecule has 0 amide bonds. The molecule has 0 bridgehead atoms. The highest BCUT2D eigenvalue weighted by molar-refractivity contribution is 7.09. The van der Waals surface area contributed by atoms with Gasteiger partial charge in [-0.1, -0.05) is 0 Å². The smallest absolute Gasteiger partial charge is 0.146 e. The van der Waals surface area contributed by atoms with Crippen LogP contribution in [0.25, 0.3) is 0 Å². The van der Waals surface area contributed by atoms with Crippen LogP contribution < -0.4 is 11.3 Å². The number of halogens is 1. The first-order valence-corrected chi connectivity index (χ1v) is 5.63. The van der Waals surface area contributed by atoms with Gasteiger partial charge in [0.1, 0.15) is 5.82 Å². The predicted octanol–water partition coefficient (Wildman–Crippen LogP) is 1.42. The normalized spacial score (nSPS) is 12.6. The minimum Gasteiger partial charge on any atom is -0.271 e. The molecule has 2 rings (SSSR count). The molecule has 16 heavy (non-hydrogen) atoms. The summed E-state index contributed by atoms with van der Waals surface area (Å²) < 4.78 is 13.5. The van der Waals surface area contributed by atoms with Gasteiger partial charge >= 0.3 is 0 Å². The Morgan fingerprint density at radius 3 is 3.06 bits per heavy atom. The number of rotatable bonds is 4. The number of nitrogens with two attached hydrogens (primary N) is 1. The van der Waals surface area contributed by atoms with Crippen LogP contribution >= 0.6 is 11.3 Å². The lowest BCUT2D eigenvalue weighted by atomic mass is 10.1. The van der Waals surface area contributed by atoms with Crippen LogP contribution in [-0.4, -0.2) is 9.97 Å². The predicted molar refractivity (Wildman–Crippen MR) is 60.1 cm³/mol. The number of nitrogens with one attached hydrogen (secondary N) is 1. The van der Waals surface area contributed by atoms with Crippen molar-refractivity contribution in [1.82, 2.24) is 15.4 Å². The van der Waals surface area contributed by atoms with E-state index >= 15 is 0 Å². The summed E-state index contributed by atoms with van der Waals surface area (Å²) >= 11 is 1.51. The first-order chi connectivity index (χ1) is 7.81. The van der Waals surface area contributed by atoms with Gasteiger partial charge in [0.25, 0.3) is 0 Å². The Balaban J connectivity index is 2.20. The Morgan fingerprint density at radius 2 is 2.44 bits per heavy atom. The maximum absolute atomic E-state index is 13.5. The molecule has 4 nitrogen and oxygen atoms in total. The van der Waals surface area contributed by atoms with Crippen LogP contribution in [0.2, 0.25) is 0 Å². The second-order valence-electron chi connectivity index (χ2n) is 3.26. The summed E-state index contributed by atoms with van der Waals surface area (Å²) in [5.74, 6) is 5.07. The summed E-state index contributed by atoms with van der Waals surface area (Å²) in [7, 11) is 0. The third-order valence-corrected chi connectivity index (χ3v) is 3.01. The van der Waals surface area contributed by atoms with E-state index in [1.165, 1.54) is 17.4 Å². The fourth-order valence-electron chi connectivity index (χ4n) is 1.43. The number of hydrogen-bond acceptors (Lipinski definition) is 5. The van der Waals surface area contributed by atoms with Crippen molar-refractivity contribution in [3.63, 3.8) is 0 Å². The van der Waals surface area contributed by atoms with Crippen LogP contribution in [-0.2, 0) is 6.42 Å². The van der Waals surface area contributed by atoms with E-state index in [0.29, 0.717) is 12.1 Å². The summed E-state index contributed by atoms with van der Waals surface area (Å²) in [6.45, 7) is 0. The van der Waals surface area contributed by atoms with Crippen LogP contribution in [0.15, 0.2) is 30.0 Å². The van der Waals surface area contributed by atoms with E-state index in [1.54, 1.807) is 24.0 Å². The van der Waals surface area contributed by atoms with E-state index < -0.39 is 0 Å². The Labute approximate surface area is 96.3 Å². The molecule has 2 aromatic heterocycles. The third-order valence-electron chi connectivity index (χ3n) is 2.21. The van der Waals surface area contributed by atoms with Crippen molar-refractivity contribution in [3.8, 4) is 0 Å². The maximum atomic E-state index is 13.5. The van der Waals surface area contributed by atoms with Gasteiger partial charge in [0.05, 0.1) is 17.2 Å².